The molecule has 0 aromatic heterocycles. The van der Waals surface area contributed by atoms with E-state index in [4.69, 9.17) is 14.2 Å². The molecular weight excluding hydrogens is 462 g/mol. The van der Waals surface area contributed by atoms with Crippen molar-refractivity contribution in [1.82, 2.24) is 0 Å². The van der Waals surface area contributed by atoms with Crippen molar-refractivity contribution >= 4 is 33.5 Å². The second kappa shape index (κ2) is 11.2. The molecular formula is C24H30BrNO5. The van der Waals surface area contributed by atoms with E-state index in [1.165, 1.54) is 0 Å². The zero-order chi connectivity index (χ0) is 23.1. The van der Waals surface area contributed by atoms with Crippen molar-refractivity contribution in [2.75, 3.05) is 18.5 Å². The minimum absolute atomic E-state index is 0.00668. The Kier molecular flexibility index (Phi) is 8.92. The Morgan fingerprint density at radius 2 is 1.52 bits per heavy atom. The van der Waals surface area contributed by atoms with Gasteiger partial charge in [0.25, 0.3) is 5.91 Å². The molecule has 0 aliphatic carbocycles. The molecule has 1 unspecified atom stereocenters. The summed E-state index contributed by atoms with van der Waals surface area (Å²) in [6.45, 7) is 12.2. The van der Waals surface area contributed by atoms with E-state index >= 15 is 0 Å². The van der Waals surface area contributed by atoms with E-state index < -0.39 is 12.1 Å². The number of esters is 1. The monoisotopic (exact) mass is 491 g/mol. The van der Waals surface area contributed by atoms with Gasteiger partial charge in [-0.05, 0) is 70.4 Å². The SMILES string of the molecule is CCOc1cc(Br)c(CC(=O)OC(C)C(=O)Nc2c(C)cc(C)cc2C)cc1OCC. The number of nitrogens with one attached hydrogen (secondary N) is 1. The number of anilines is 1. The third-order valence-electron chi connectivity index (χ3n) is 4.65. The molecule has 2 rings (SSSR count). The van der Waals surface area contributed by atoms with E-state index in [-0.39, 0.29) is 12.3 Å². The summed E-state index contributed by atoms with van der Waals surface area (Å²) in [4.78, 5) is 25.1. The van der Waals surface area contributed by atoms with Crippen molar-refractivity contribution in [2.45, 2.75) is 54.1 Å². The van der Waals surface area contributed by atoms with Gasteiger partial charge < -0.3 is 19.5 Å². The molecule has 0 aliphatic heterocycles. The minimum Gasteiger partial charge on any atom is -0.490 e. The lowest BCUT2D eigenvalue weighted by molar-refractivity contribution is -0.152. The first kappa shape index (κ1) is 24.7. The van der Waals surface area contributed by atoms with Gasteiger partial charge in [0.2, 0.25) is 0 Å². The first-order valence-corrected chi connectivity index (χ1v) is 11.1. The van der Waals surface area contributed by atoms with Crippen LogP contribution in [0.5, 0.6) is 11.5 Å². The van der Waals surface area contributed by atoms with Gasteiger partial charge in [-0.25, -0.2) is 0 Å². The van der Waals surface area contributed by atoms with Crippen molar-refractivity contribution in [3.63, 3.8) is 0 Å². The van der Waals surface area contributed by atoms with E-state index in [1.807, 2.05) is 46.8 Å². The van der Waals surface area contributed by atoms with E-state index in [0.717, 1.165) is 22.4 Å². The summed E-state index contributed by atoms with van der Waals surface area (Å²) in [5.74, 6) is 0.285. The van der Waals surface area contributed by atoms with E-state index in [9.17, 15) is 9.59 Å². The number of carbonyl (C=O) groups is 2. The molecule has 31 heavy (non-hydrogen) atoms. The fourth-order valence-electron chi connectivity index (χ4n) is 3.30. The molecule has 0 aliphatic rings. The lowest BCUT2D eigenvalue weighted by atomic mass is 10.0. The van der Waals surface area contributed by atoms with Gasteiger partial charge in [-0.3, -0.25) is 9.59 Å². The van der Waals surface area contributed by atoms with Gasteiger partial charge in [-0.15, -0.1) is 0 Å². The van der Waals surface area contributed by atoms with Crippen molar-refractivity contribution in [1.29, 1.82) is 0 Å². The number of benzene rings is 2. The maximum Gasteiger partial charge on any atom is 0.311 e. The zero-order valence-corrected chi connectivity index (χ0v) is 20.5. The second-order valence-electron chi connectivity index (χ2n) is 7.33. The van der Waals surface area contributed by atoms with Crippen LogP contribution in [-0.4, -0.2) is 31.2 Å². The van der Waals surface area contributed by atoms with Crippen LogP contribution >= 0.6 is 15.9 Å². The lowest BCUT2D eigenvalue weighted by Crippen LogP contribution is -2.31. The number of hydrogen-bond acceptors (Lipinski definition) is 5. The number of amides is 1. The molecule has 6 nitrogen and oxygen atoms in total. The molecule has 0 bridgehead atoms. The molecule has 0 radical (unpaired) electrons. The molecule has 1 amide bonds. The first-order valence-electron chi connectivity index (χ1n) is 10.3. The molecule has 0 spiro atoms. The molecule has 0 saturated carbocycles. The van der Waals surface area contributed by atoms with Crippen LogP contribution in [0.3, 0.4) is 0 Å². The predicted molar refractivity (Wildman–Crippen MR) is 125 cm³/mol. The van der Waals surface area contributed by atoms with Crippen LogP contribution < -0.4 is 14.8 Å². The summed E-state index contributed by atoms with van der Waals surface area (Å²) in [5, 5.41) is 2.87. The summed E-state index contributed by atoms with van der Waals surface area (Å²) in [6.07, 6.45) is -0.937. The standard InChI is InChI=1S/C24H30BrNO5/c1-7-29-20-11-18(19(25)13-21(20)30-8-2)12-22(27)31-17(6)24(28)26-23-15(4)9-14(3)10-16(23)5/h9-11,13,17H,7-8,12H2,1-6H3,(H,26,28). The van der Waals surface area contributed by atoms with Gasteiger partial charge in [-0.2, -0.15) is 0 Å². The summed E-state index contributed by atoms with van der Waals surface area (Å²) < 4.78 is 17.3. The summed E-state index contributed by atoms with van der Waals surface area (Å²) in [7, 11) is 0. The van der Waals surface area contributed by atoms with Crippen molar-refractivity contribution in [2.24, 2.45) is 0 Å². The van der Waals surface area contributed by atoms with Crippen LogP contribution in [0.25, 0.3) is 0 Å². The Morgan fingerprint density at radius 3 is 2.06 bits per heavy atom. The van der Waals surface area contributed by atoms with Crippen molar-refractivity contribution in [3.8, 4) is 11.5 Å². The number of halogens is 1. The Balaban J connectivity index is 2.06. The molecule has 1 N–H and O–H groups in total. The van der Waals surface area contributed by atoms with Crippen LogP contribution in [0, 0.1) is 20.8 Å². The number of rotatable bonds is 9. The number of ether oxygens (including phenoxy) is 3. The van der Waals surface area contributed by atoms with Crippen LogP contribution in [-0.2, 0) is 20.7 Å². The Hall–Kier alpha value is -2.54. The van der Waals surface area contributed by atoms with E-state index in [0.29, 0.717) is 34.7 Å². The van der Waals surface area contributed by atoms with Crippen LogP contribution in [0.2, 0.25) is 0 Å². The highest BCUT2D eigenvalue weighted by atomic mass is 79.9. The van der Waals surface area contributed by atoms with Crippen LogP contribution in [0.1, 0.15) is 43.0 Å². The molecule has 2 aromatic rings. The first-order chi connectivity index (χ1) is 14.7. The highest BCUT2D eigenvalue weighted by Crippen LogP contribution is 2.34. The highest BCUT2D eigenvalue weighted by Gasteiger charge is 2.21. The highest BCUT2D eigenvalue weighted by molar-refractivity contribution is 9.10. The predicted octanol–water partition coefficient (Wildman–Crippen LogP) is 5.28. The summed E-state index contributed by atoms with van der Waals surface area (Å²) in [5.41, 5.74) is 4.49. The fourth-order valence-corrected chi connectivity index (χ4v) is 3.76. The molecule has 2 aromatic carbocycles. The van der Waals surface area contributed by atoms with Crippen LogP contribution in [0.15, 0.2) is 28.7 Å². The largest absolute Gasteiger partial charge is 0.490 e. The van der Waals surface area contributed by atoms with Gasteiger partial charge in [0.15, 0.2) is 17.6 Å². The molecule has 0 fully saturated rings. The average molecular weight is 492 g/mol. The third-order valence-corrected chi connectivity index (χ3v) is 5.39. The number of aryl methyl sites for hydroxylation is 3. The second-order valence-corrected chi connectivity index (χ2v) is 8.18. The Labute approximate surface area is 192 Å². The van der Waals surface area contributed by atoms with Crippen molar-refractivity contribution in [3.05, 3.63) is 51.0 Å². The van der Waals surface area contributed by atoms with Gasteiger partial charge in [-0.1, -0.05) is 33.6 Å². The third kappa shape index (κ3) is 6.72. The van der Waals surface area contributed by atoms with Gasteiger partial charge in [0.1, 0.15) is 0 Å². The summed E-state index contributed by atoms with van der Waals surface area (Å²) >= 11 is 3.47. The van der Waals surface area contributed by atoms with Gasteiger partial charge in [0.05, 0.1) is 19.6 Å². The molecule has 7 heteroatoms. The normalized spacial score (nSPS) is 11.6. The number of carbonyl (C=O) groups excluding carboxylic acids is 2. The summed E-state index contributed by atoms with van der Waals surface area (Å²) in [6, 6.07) is 7.52. The van der Waals surface area contributed by atoms with Crippen LogP contribution in [0.4, 0.5) is 5.69 Å². The fraction of sp³-hybridized carbons (Fsp3) is 0.417. The zero-order valence-electron chi connectivity index (χ0n) is 18.9. The molecule has 1 atom stereocenters. The molecule has 168 valence electrons. The number of hydrogen-bond donors (Lipinski definition) is 1. The topological polar surface area (TPSA) is 73.9 Å². The van der Waals surface area contributed by atoms with Gasteiger partial charge in [0, 0.05) is 10.2 Å². The van der Waals surface area contributed by atoms with Gasteiger partial charge >= 0.3 is 5.97 Å². The maximum absolute atomic E-state index is 12.6. The van der Waals surface area contributed by atoms with E-state index in [1.54, 1.807) is 19.1 Å². The maximum atomic E-state index is 12.6. The quantitative estimate of drug-likeness (QED) is 0.482. The smallest absolute Gasteiger partial charge is 0.311 e. The van der Waals surface area contributed by atoms with E-state index in [2.05, 4.69) is 21.2 Å². The Bertz CT molecular complexity index is 934. The van der Waals surface area contributed by atoms with Crippen molar-refractivity contribution < 1.29 is 23.8 Å². The average Bonchev–Trinajstić information content (AvgIpc) is 2.68. The molecule has 0 saturated heterocycles. The lowest BCUT2D eigenvalue weighted by Gasteiger charge is -2.17. The Morgan fingerprint density at radius 1 is 0.968 bits per heavy atom. The minimum atomic E-state index is -0.930. The molecule has 0 heterocycles.